The summed E-state index contributed by atoms with van der Waals surface area (Å²) in [4.78, 5) is 21.1. The third-order valence-electron chi connectivity index (χ3n) is 5.36. The highest BCUT2D eigenvalue weighted by Crippen LogP contribution is 2.26. The van der Waals surface area contributed by atoms with Crippen LogP contribution in [0.1, 0.15) is 50.1 Å². The van der Waals surface area contributed by atoms with E-state index in [4.69, 9.17) is 0 Å². The van der Waals surface area contributed by atoms with E-state index in [1.807, 2.05) is 4.57 Å². The fourth-order valence-electron chi connectivity index (χ4n) is 3.66. The van der Waals surface area contributed by atoms with Crippen molar-refractivity contribution < 1.29 is 4.39 Å². The summed E-state index contributed by atoms with van der Waals surface area (Å²) < 4.78 is 15.8. The molecule has 0 aromatic carbocycles. The van der Waals surface area contributed by atoms with Gasteiger partial charge in [-0.1, -0.05) is 19.1 Å². The highest BCUT2D eigenvalue weighted by Gasteiger charge is 2.16. The third-order valence-corrected chi connectivity index (χ3v) is 5.36. The maximum atomic E-state index is 13.8. The van der Waals surface area contributed by atoms with Crippen LogP contribution in [-0.2, 0) is 6.42 Å². The zero-order valence-corrected chi connectivity index (χ0v) is 18.9. The predicted molar refractivity (Wildman–Crippen MR) is 126 cm³/mol. The van der Waals surface area contributed by atoms with Crippen molar-refractivity contribution in [2.24, 2.45) is 0 Å². The minimum atomic E-state index is -0.423. The SMILES string of the molecule is CC/C=C\c1c(CCNc2nc(-c3cncc(F)c3)nc3c2ncn3C(C)C)c[nH]c1C. The number of fused-ring (bicyclic) bond motifs is 1. The van der Waals surface area contributed by atoms with Gasteiger partial charge in [-0.25, -0.2) is 19.3 Å². The number of allylic oxidation sites excluding steroid dienone is 1. The normalized spacial score (nSPS) is 11.8. The molecular weight excluding hydrogens is 405 g/mol. The number of imidazole rings is 1. The molecule has 4 rings (SSSR count). The average Bonchev–Trinajstić information content (AvgIpc) is 3.36. The van der Waals surface area contributed by atoms with Crippen molar-refractivity contribution in [2.75, 3.05) is 11.9 Å². The molecule has 4 aromatic rings. The fourth-order valence-corrected chi connectivity index (χ4v) is 3.66. The molecule has 2 N–H and O–H groups in total. The fraction of sp³-hybridized carbons (Fsp3) is 0.333. The maximum absolute atomic E-state index is 13.8. The number of aromatic amines is 1. The number of H-pyrrole nitrogens is 1. The van der Waals surface area contributed by atoms with Gasteiger partial charge in [-0.05, 0) is 50.8 Å². The lowest BCUT2D eigenvalue weighted by atomic mass is 10.1. The predicted octanol–water partition coefficient (Wildman–Crippen LogP) is 5.32. The van der Waals surface area contributed by atoms with E-state index in [-0.39, 0.29) is 6.04 Å². The number of nitrogens with one attached hydrogen (secondary N) is 2. The molecule has 7 nitrogen and oxygen atoms in total. The Balaban J connectivity index is 1.65. The van der Waals surface area contributed by atoms with Crippen molar-refractivity contribution in [1.29, 1.82) is 0 Å². The van der Waals surface area contributed by atoms with Crippen LogP contribution >= 0.6 is 0 Å². The lowest BCUT2D eigenvalue weighted by molar-refractivity contribution is 0.612. The number of hydrogen-bond donors (Lipinski definition) is 2. The molecular formula is C24H28FN7. The zero-order chi connectivity index (χ0) is 22.7. The quantitative estimate of drug-likeness (QED) is 0.393. The summed E-state index contributed by atoms with van der Waals surface area (Å²) in [6.07, 6.45) is 12.7. The molecule has 0 saturated heterocycles. The van der Waals surface area contributed by atoms with Crippen LogP contribution in [0.15, 0.2) is 37.1 Å². The highest BCUT2D eigenvalue weighted by molar-refractivity contribution is 5.85. The van der Waals surface area contributed by atoms with Gasteiger partial charge in [0.05, 0.1) is 12.5 Å². The summed E-state index contributed by atoms with van der Waals surface area (Å²) in [6, 6.07) is 1.57. The van der Waals surface area contributed by atoms with Crippen LogP contribution in [0.5, 0.6) is 0 Å². The monoisotopic (exact) mass is 433 g/mol. The Morgan fingerprint density at radius 2 is 2.09 bits per heavy atom. The smallest absolute Gasteiger partial charge is 0.166 e. The summed E-state index contributed by atoms with van der Waals surface area (Å²) in [5.74, 6) is 0.624. The van der Waals surface area contributed by atoms with E-state index in [1.54, 1.807) is 12.5 Å². The van der Waals surface area contributed by atoms with Crippen LogP contribution < -0.4 is 5.32 Å². The van der Waals surface area contributed by atoms with Crippen LogP contribution in [0.4, 0.5) is 10.2 Å². The lowest BCUT2D eigenvalue weighted by Crippen LogP contribution is -2.09. The number of aryl methyl sites for hydroxylation is 1. The van der Waals surface area contributed by atoms with E-state index in [1.165, 1.54) is 23.4 Å². The van der Waals surface area contributed by atoms with Crippen molar-refractivity contribution in [3.05, 3.63) is 59.7 Å². The first-order chi connectivity index (χ1) is 15.5. The molecule has 4 heterocycles. The van der Waals surface area contributed by atoms with E-state index in [2.05, 4.69) is 76.3 Å². The van der Waals surface area contributed by atoms with Gasteiger partial charge in [0.1, 0.15) is 11.3 Å². The molecule has 0 unspecified atom stereocenters. The van der Waals surface area contributed by atoms with Crippen LogP contribution in [0.2, 0.25) is 0 Å². The van der Waals surface area contributed by atoms with Gasteiger partial charge in [0, 0.05) is 36.2 Å². The standard InChI is InChI=1S/C24H28FN7/c1-5-6-7-20-16(4)28-12-17(20)8-9-27-23-21-24(32(14-29-21)15(2)3)31-22(30-23)18-10-19(25)13-26-11-18/h6-7,10-15,28H,5,8-9H2,1-4H3,(H,27,30,31)/b7-6-. The van der Waals surface area contributed by atoms with E-state index in [0.717, 1.165) is 18.5 Å². The van der Waals surface area contributed by atoms with Gasteiger partial charge < -0.3 is 14.9 Å². The van der Waals surface area contributed by atoms with Crippen LogP contribution in [0.3, 0.4) is 0 Å². The van der Waals surface area contributed by atoms with Crippen molar-refractivity contribution in [3.63, 3.8) is 0 Å². The number of halogens is 1. The molecule has 0 aliphatic carbocycles. The highest BCUT2D eigenvalue weighted by atomic mass is 19.1. The molecule has 0 fully saturated rings. The minimum Gasteiger partial charge on any atom is -0.368 e. The second-order valence-electron chi connectivity index (χ2n) is 8.05. The number of anilines is 1. The first kappa shape index (κ1) is 21.7. The first-order valence-corrected chi connectivity index (χ1v) is 10.9. The minimum absolute atomic E-state index is 0.178. The van der Waals surface area contributed by atoms with Crippen LogP contribution in [0.25, 0.3) is 28.6 Å². The molecule has 0 saturated carbocycles. The number of rotatable bonds is 8. The maximum Gasteiger partial charge on any atom is 0.166 e. The summed E-state index contributed by atoms with van der Waals surface area (Å²) >= 11 is 0. The van der Waals surface area contributed by atoms with Crippen LogP contribution in [0, 0.1) is 12.7 Å². The second kappa shape index (κ2) is 9.30. The molecule has 32 heavy (non-hydrogen) atoms. The van der Waals surface area contributed by atoms with Gasteiger partial charge in [0.15, 0.2) is 17.3 Å². The van der Waals surface area contributed by atoms with Crippen molar-refractivity contribution in [2.45, 2.75) is 46.6 Å². The summed E-state index contributed by atoms with van der Waals surface area (Å²) in [5.41, 5.74) is 5.57. The van der Waals surface area contributed by atoms with Gasteiger partial charge in [-0.2, -0.15) is 0 Å². The van der Waals surface area contributed by atoms with E-state index in [9.17, 15) is 4.39 Å². The molecule has 0 aliphatic rings. The Kier molecular flexibility index (Phi) is 6.30. The molecule has 0 radical (unpaired) electrons. The molecule has 0 aliphatic heterocycles. The molecule has 0 spiro atoms. The Morgan fingerprint density at radius 1 is 1.25 bits per heavy atom. The van der Waals surface area contributed by atoms with E-state index < -0.39 is 5.82 Å². The topological polar surface area (TPSA) is 84.3 Å². The number of pyridine rings is 1. The van der Waals surface area contributed by atoms with Crippen molar-refractivity contribution >= 4 is 23.1 Å². The molecule has 0 atom stereocenters. The largest absolute Gasteiger partial charge is 0.368 e. The van der Waals surface area contributed by atoms with Gasteiger partial charge in [0.25, 0.3) is 0 Å². The third kappa shape index (κ3) is 4.39. The summed E-state index contributed by atoms with van der Waals surface area (Å²) in [5, 5.41) is 3.43. The number of nitrogens with zero attached hydrogens (tertiary/aromatic N) is 5. The number of aromatic nitrogens is 6. The van der Waals surface area contributed by atoms with Gasteiger partial charge >= 0.3 is 0 Å². The van der Waals surface area contributed by atoms with Crippen molar-refractivity contribution in [1.82, 2.24) is 29.5 Å². The molecule has 166 valence electrons. The van der Waals surface area contributed by atoms with Crippen molar-refractivity contribution in [3.8, 4) is 11.4 Å². The zero-order valence-electron chi connectivity index (χ0n) is 18.9. The summed E-state index contributed by atoms with van der Waals surface area (Å²) in [6.45, 7) is 9.02. The number of hydrogen-bond acceptors (Lipinski definition) is 5. The van der Waals surface area contributed by atoms with E-state index in [0.29, 0.717) is 34.9 Å². The lowest BCUT2D eigenvalue weighted by Gasteiger charge is -2.11. The second-order valence-corrected chi connectivity index (χ2v) is 8.05. The Morgan fingerprint density at radius 3 is 2.84 bits per heavy atom. The average molecular weight is 434 g/mol. The van der Waals surface area contributed by atoms with Gasteiger partial charge in [0.2, 0.25) is 0 Å². The first-order valence-electron chi connectivity index (χ1n) is 10.9. The van der Waals surface area contributed by atoms with E-state index >= 15 is 0 Å². The Bertz CT molecular complexity index is 1250. The van der Waals surface area contributed by atoms with Crippen LogP contribution in [-0.4, -0.2) is 36.0 Å². The van der Waals surface area contributed by atoms with Gasteiger partial charge in [-0.3, -0.25) is 4.98 Å². The molecule has 0 bridgehead atoms. The Hall–Kier alpha value is -3.55. The summed E-state index contributed by atoms with van der Waals surface area (Å²) in [7, 11) is 0. The molecule has 8 heteroatoms. The molecule has 0 amide bonds. The Labute approximate surface area is 186 Å². The van der Waals surface area contributed by atoms with Gasteiger partial charge in [-0.15, -0.1) is 0 Å². The molecule has 4 aromatic heterocycles.